The first-order chi connectivity index (χ1) is 13.9. The number of aryl methyl sites for hydroxylation is 1. The topological polar surface area (TPSA) is 82.1 Å². The summed E-state index contributed by atoms with van der Waals surface area (Å²) in [6, 6.07) is 9.71. The first-order valence-corrected chi connectivity index (χ1v) is 10.2. The predicted molar refractivity (Wildman–Crippen MR) is 107 cm³/mol. The molecule has 0 N–H and O–H groups in total. The van der Waals surface area contributed by atoms with Gasteiger partial charge in [0, 0.05) is 19.5 Å². The first kappa shape index (κ1) is 23.0. The van der Waals surface area contributed by atoms with E-state index < -0.39 is 18.0 Å². The van der Waals surface area contributed by atoms with Gasteiger partial charge < -0.3 is 14.2 Å². The standard InChI is InChI=1S/C22H31NO6/c1-17(2)16-28-22(26)29-21(25)19(9-8-18-6-4-3-5-7-18)14-20(24)15-23-10-12-27-13-11-23/h3-7,17,19H,8-16H2,1-2H3/t19-/m1/s1. The minimum atomic E-state index is -1.01. The SMILES string of the molecule is CC(C)COC(=O)OC(=O)[C@H](CCc1ccccc1)CC(=O)CN1CCOCC1. The normalized spacial score (nSPS) is 15.7. The fraction of sp³-hybridized carbons (Fsp3) is 0.591. The highest BCUT2D eigenvalue weighted by atomic mass is 16.7. The highest BCUT2D eigenvalue weighted by Gasteiger charge is 2.27. The summed E-state index contributed by atoms with van der Waals surface area (Å²) in [6.07, 6.45) is 0.0799. The number of ketones is 1. The molecule has 1 aliphatic rings. The van der Waals surface area contributed by atoms with Gasteiger partial charge in [-0.05, 0) is 24.3 Å². The fourth-order valence-electron chi connectivity index (χ4n) is 3.07. The first-order valence-electron chi connectivity index (χ1n) is 10.2. The van der Waals surface area contributed by atoms with Crippen molar-refractivity contribution in [2.75, 3.05) is 39.5 Å². The van der Waals surface area contributed by atoms with Crippen molar-refractivity contribution < 1.29 is 28.6 Å². The van der Waals surface area contributed by atoms with Crippen LogP contribution in [0.15, 0.2) is 30.3 Å². The van der Waals surface area contributed by atoms with E-state index in [0.29, 0.717) is 39.1 Å². The summed E-state index contributed by atoms with van der Waals surface area (Å²) < 4.78 is 15.1. The Balaban J connectivity index is 1.92. The lowest BCUT2D eigenvalue weighted by atomic mass is 9.94. The molecule has 1 aromatic carbocycles. The molecule has 0 saturated carbocycles. The van der Waals surface area contributed by atoms with Gasteiger partial charge in [-0.15, -0.1) is 0 Å². The zero-order valence-corrected chi connectivity index (χ0v) is 17.3. The zero-order chi connectivity index (χ0) is 21.1. The van der Waals surface area contributed by atoms with E-state index in [1.165, 1.54) is 0 Å². The van der Waals surface area contributed by atoms with E-state index >= 15 is 0 Å². The molecule has 1 aliphatic heterocycles. The third-order valence-corrected chi connectivity index (χ3v) is 4.65. The number of benzene rings is 1. The lowest BCUT2D eigenvalue weighted by molar-refractivity contribution is -0.147. The van der Waals surface area contributed by atoms with Gasteiger partial charge in [0.1, 0.15) is 5.78 Å². The molecule has 1 saturated heterocycles. The van der Waals surface area contributed by atoms with Crippen molar-refractivity contribution in [1.29, 1.82) is 0 Å². The van der Waals surface area contributed by atoms with Gasteiger partial charge in [0.15, 0.2) is 0 Å². The Labute approximate surface area is 172 Å². The maximum atomic E-state index is 12.5. The van der Waals surface area contributed by atoms with Crippen LogP contribution in [0, 0.1) is 11.8 Å². The number of rotatable bonds is 10. The minimum absolute atomic E-state index is 0.0421. The Bertz CT molecular complexity index is 655. The van der Waals surface area contributed by atoms with Crippen LogP contribution in [0.25, 0.3) is 0 Å². The van der Waals surface area contributed by atoms with Gasteiger partial charge in [0.25, 0.3) is 0 Å². The van der Waals surface area contributed by atoms with Gasteiger partial charge in [0.2, 0.25) is 0 Å². The number of ether oxygens (including phenoxy) is 3. The molecule has 0 aromatic heterocycles. The Morgan fingerprint density at radius 2 is 1.79 bits per heavy atom. The predicted octanol–water partition coefficient (Wildman–Crippen LogP) is 2.86. The molecule has 0 amide bonds. The van der Waals surface area contributed by atoms with E-state index in [1.54, 1.807) is 0 Å². The van der Waals surface area contributed by atoms with Crippen molar-refractivity contribution >= 4 is 17.9 Å². The van der Waals surface area contributed by atoms with Gasteiger partial charge in [-0.25, -0.2) is 4.79 Å². The second-order valence-corrected chi connectivity index (χ2v) is 7.73. The summed E-state index contributed by atoms with van der Waals surface area (Å²) in [6.45, 7) is 6.85. The monoisotopic (exact) mass is 405 g/mol. The van der Waals surface area contributed by atoms with Crippen LogP contribution < -0.4 is 0 Å². The Morgan fingerprint density at radius 1 is 1.10 bits per heavy atom. The Morgan fingerprint density at radius 3 is 2.45 bits per heavy atom. The molecular formula is C22H31NO6. The van der Waals surface area contributed by atoms with Gasteiger partial charge in [-0.1, -0.05) is 44.2 Å². The van der Waals surface area contributed by atoms with Crippen LogP contribution in [0.3, 0.4) is 0 Å². The Kier molecular flexibility index (Phi) is 9.80. The molecule has 2 rings (SSSR count). The second-order valence-electron chi connectivity index (χ2n) is 7.73. The number of nitrogens with zero attached hydrogens (tertiary/aromatic N) is 1. The van der Waals surface area contributed by atoms with Crippen molar-refractivity contribution in [3.8, 4) is 0 Å². The molecule has 7 nitrogen and oxygen atoms in total. The van der Waals surface area contributed by atoms with E-state index in [-0.39, 0.29) is 31.3 Å². The third kappa shape index (κ3) is 9.19. The van der Waals surface area contributed by atoms with Gasteiger partial charge in [-0.2, -0.15) is 0 Å². The molecule has 0 radical (unpaired) electrons. The maximum Gasteiger partial charge on any atom is 0.516 e. The highest BCUT2D eigenvalue weighted by Crippen LogP contribution is 2.17. The van der Waals surface area contributed by atoms with Gasteiger partial charge in [-0.3, -0.25) is 14.5 Å². The van der Waals surface area contributed by atoms with Crippen molar-refractivity contribution in [3.05, 3.63) is 35.9 Å². The van der Waals surface area contributed by atoms with Crippen LogP contribution in [0.4, 0.5) is 4.79 Å². The van der Waals surface area contributed by atoms with Crippen LogP contribution in [0.1, 0.15) is 32.3 Å². The van der Waals surface area contributed by atoms with Crippen LogP contribution in [-0.2, 0) is 30.2 Å². The van der Waals surface area contributed by atoms with Crippen molar-refractivity contribution in [2.24, 2.45) is 11.8 Å². The van der Waals surface area contributed by atoms with E-state index in [2.05, 4.69) is 0 Å². The van der Waals surface area contributed by atoms with Crippen molar-refractivity contribution in [1.82, 2.24) is 4.90 Å². The number of hydrogen-bond donors (Lipinski definition) is 0. The van der Waals surface area contributed by atoms with E-state index in [0.717, 1.165) is 5.56 Å². The smallest absolute Gasteiger partial charge is 0.434 e. The summed E-state index contributed by atoms with van der Waals surface area (Å²) in [4.78, 5) is 38.9. The lowest BCUT2D eigenvalue weighted by Crippen LogP contribution is -2.40. The summed E-state index contributed by atoms with van der Waals surface area (Å²) in [5, 5.41) is 0. The molecule has 1 atom stereocenters. The van der Waals surface area contributed by atoms with Gasteiger partial charge >= 0.3 is 12.1 Å². The molecule has 160 valence electrons. The van der Waals surface area contributed by atoms with Crippen molar-refractivity contribution in [3.63, 3.8) is 0 Å². The molecular weight excluding hydrogens is 374 g/mol. The summed E-state index contributed by atoms with van der Waals surface area (Å²) in [5.74, 6) is -1.29. The highest BCUT2D eigenvalue weighted by molar-refractivity contribution is 5.89. The summed E-state index contributed by atoms with van der Waals surface area (Å²) in [7, 11) is 0. The fourth-order valence-corrected chi connectivity index (χ4v) is 3.07. The number of Topliss-reactive ketones (excluding diaryl/α,β-unsaturated/α-hetero) is 1. The Hall–Kier alpha value is -2.25. The lowest BCUT2D eigenvalue weighted by Gasteiger charge is -2.26. The maximum absolute atomic E-state index is 12.5. The number of morpholine rings is 1. The molecule has 1 heterocycles. The second kappa shape index (κ2) is 12.3. The molecule has 29 heavy (non-hydrogen) atoms. The van der Waals surface area contributed by atoms with Crippen LogP contribution in [0.2, 0.25) is 0 Å². The molecule has 7 heteroatoms. The van der Waals surface area contributed by atoms with Crippen LogP contribution in [-0.4, -0.2) is 62.3 Å². The van der Waals surface area contributed by atoms with Crippen molar-refractivity contribution in [2.45, 2.75) is 33.1 Å². The van der Waals surface area contributed by atoms with E-state index in [1.807, 2.05) is 49.1 Å². The van der Waals surface area contributed by atoms with E-state index in [4.69, 9.17) is 14.2 Å². The molecule has 0 aliphatic carbocycles. The number of carbonyl (C=O) groups is 3. The molecule has 0 unspecified atom stereocenters. The average Bonchev–Trinajstić information content (AvgIpc) is 2.71. The van der Waals surface area contributed by atoms with Gasteiger partial charge in [0.05, 0.1) is 32.3 Å². The van der Waals surface area contributed by atoms with E-state index in [9.17, 15) is 14.4 Å². The quantitative estimate of drug-likeness (QED) is 0.437. The summed E-state index contributed by atoms with van der Waals surface area (Å²) in [5.41, 5.74) is 1.06. The minimum Gasteiger partial charge on any atom is -0.434 e. The molecule has 1 aromatic rings. The zero-order valence-electron chi connectivity index (χ0n) is 17.3. The summed E-state index contributed by atoms with van der Waals surface area (Å²) >= 11 is 0. The number of hydrogen-bond acceptors (Lipinski definition) is 7. The third-order valence-electron chi connectivity index (χ3n) is 4.65. The number of carbonyl (C=O) groups excluding carboxylic acids is 3. The molecule has 0 spiro atoms. The molecule has 0 bridgehead atoms. The largest absolute Gasteiger partial charge is 0.516 e. The number of esters is 1. The van der Waals surface area contributed by atoms with Crippen LogP contribution >= 0.6 is 0 Å². The van der Waals surface area contributed by atoms with Crippen LogP contribution in [0.5, 0.6) is 0 Å². The average molecular weight is 405 g/mol. The molecule has 1 fully saturated rings.